The van der Waals surface area contributed by atoms with Crippen LogP contribution in [0.25, 0.3) is 0 Å². The Morgan fingerprint density at radius 1 is 1.75 bits per heavy atom. The molecular weight excluding hydrogens is 156 g/mol. The van der Waals surface area contributed by atoms with Gasteiger partial charge in [-0.2, -0.15) is 0 Å². The predicted molar refractivity (Wildman–Crippen MR) is 42.5 cm³/mol. The highest BCUT2D eigenvalue weighted by molar-refractivity contribution is 5.05. The lowest BCUT2D eigenvalue weighted by atomic mass is 9.92. The van der Waals surface area contributed by atoms with E-state index in [4.69, 9.17) is 0 Å². The largest absolute Gasteiger partial charge is 0.387 e. The van der Waals surface area contributed by atoms with E-state index in [1.807, 2.05) is 7.05 Å². The molecule has 0 saturated carbocycles. The van der Waals surface area contributed by atoms with E-state index in [9.17, 15) is 5.11 Å². The van der Waals surface area contributed by atoms with Crippen LogP contribution in [0.2, 0.25) is 0 Å². The summed E-state index contributed by atoms with van der Waals surface area (Å²) in [7, 11) is 1.83. The minimum Gasteiger partial charge on any atom is -0.387 e. The molecule has 0 aliphatic carbocycles. The van der Waals surface area contributed by atoms with Crippen molar-refractivity contribution in [2.75, 3.05) is 13.1 Å². The molecule has 0 spiro atoms. The number of hydrogen-bond donors (Lipinski definition) is 2. The van der Waals surface area contributed by atoms with E-state index in [2.05, 4.69) is 15.6 Å². The van der Waals surface area contributed by atoms with Crippen LogP contribution >= 0.6 is 0 Å². The van der Waals surface area contributed by atoms with Crippen molar-refractivity contribution >= 4 is 0 Å². The molecule has 0 amide bonds. The molecule has 1 fully saturated rings. The first-order valence-corrected chi connectivity index (χ1v) is 3.96. The summed E-state index contributed by atoms with van der Waals surface area (Å²) in [4.78, 5) is 0. The third-order valence-electron chi connectivity index (χ3n) is 2.23. The van der Waals surface area contributed by atoms with Crippen molar-refractivity contribution < 1.29 is 5.11 Å². The minimum absolute atomic E-state index is 0.574. The Labute approximate surface area is 70.4 Å². The monoisotopic (exact) mass is 168 g/mol. The number of aliphatic hydroxyl groups is 1. The van der Waals surface area contributed by atoms with Gasteiger partial charge in [-0.3, -0.25) is 4.68 Å². The number of nitrogens with zero attached hydrogens (tertiary/aromatic N) is 3. The summed E-state index contributed by atoms with van der Waals surface area (Å²) in [5.74, 6) is 0. The normalized spacial score (nSPS) is 20.5. The van der Waals surface area contributed by atoms with Crippen LogP contribution in [0.4, 0.5) is 0 Å². The maximum absolute atomic E-state index is 9.77. The quantitative estimate of drug-likeness (QED) is 0.575. The van der Waals surface area contributed by atoms with Gasteiger partial charge in [0, 0.05) is 26.6 Å². The average molecular weight is 168 g/mol. The number of hydrogen-bond acceptors (Lipinski definition) is 4. The fourth-order valence-electron chi connectivity index (χ4n) is 1.35. The van der Waals surface area contributed by atoms with Gasteiger partial charge in [0.15, 0.2) is 0 Å². The topological polar surface area (TPSA) is 63.0 Å². The molecule has 5 heteroatoms. The molecule has 1 aromatic heterocycles. The molecule has 12 heavy (non-hydrogen) atoms. The van der Waals surface area contributed by atoms with Gasteiger partial charge in [-0.15, -0.1) is 5.10 Å². The van der Waals surface area contributed by atoms with Crippen molar-refractivity contribution in [1.82, 2.24) is 20.3 Å². The van der Waals surface area contributed by atoms with Crippen LogP contribution in [-0.2, 0) is 13.5 Å². The van der Waals surface area contributed by atoms with E-state index in [1.54, 1.807) is 10.9 Å². The molecule has 0 aromatic carbocycles. The molecule has 0 atom stereocenters. The fraction of sp³-hybridized carbons (Fsp3) is 0.714. The standard InChI is InChI=1S/C7H12N4O/c1-11-6(3-9-10-11)2-7(12)4-8-5-7/h3,8,12H,2,4-5H2,1H3. The van der Waals surface area contributed by atoms with E-state index < -0.39 is 5.60 Å². The lowest BCUT2D eigenvalue weighted by molar-refractivity contribution is -0.0105. The average Bonchev–Trinajstić information content (AvgIpc) is 2.34. The van der Waals surface area contributed by atoms with Crippen LogP contribution in [-0.4, -0.2) is 38.8 Å². The van der Waals surface area contributed by atoms with Crippen LogP contribution in [0.3, 0.4) is 0 Å². The van der Waals surface area contributed by atoms with Gasteiger partial charge in [-0.05, 0) is 0 Å². The SMILES string of the molecule is Cn1nncc1CC1(O)CNC1. The molecule has 1 aliphatic heterocycles. The van der Waals surface area contributed by atoms with E-state index in [-0.39, 0.29) is 0 Å². The highest BCUT2D eigenvalue weighted by Gasteiger charge is 2.35. The second kappa shape index (κ2) is 2.53. The summed E-state index contributed by atoms with van der Waals surface area (Å²) in [5.41, 5.74) is 0.397. The first kappa shape index (κ1) is 7.70. The zero-order valence-corrected chi connectivity index (χ0v) is 6.99. The number of aryl methyl sites for hydroxylation is 1. The van der Waals surface area contributed by atoms with Gasteiger partial charge in [-0.1, -0.05) is 5.21 Å². The molecule has 2 N–H and O–H groups in total. The minimum atomic E-state index is -0.574. The Balaban J connectivity index is 2.08. The van der Waals surface area contributed by atoms with Crippen LogP contribution in [0.15, 0.2) is 6.20 Å². The molecule has 1 saturated heterocycles. The smallest absolute Gasteiger partial charge is 0.0950 e. The molecule has 0 radical (unpaired) electrons. The number of aromatic nitrogens is 3. The number of rotatable bonds is 2. The van der Waals surface area contributed by atoms with Crippen LogP contribution in [0, 0.1) is 0 Å². The van der Waals surface area contributed by atoms with Gasteiger partial charge in [0.05, 0.1) is 17.5 Å². The van der Waals surface area contributed by atoms with Crippen molar-refractivity contribution in [3.8, 4) is 0 Å². The third-order valence-corrected chi connectivity index (χ3v) is 2.23. The maximum Gasteiger partial charge on any atom is 0.0950 e. The van der Waals surface area contributed by atoms with Gasteiger partial charge in [0.1, 0.15) is 0 Å². The van der Waals surface area contributed by atoms with Crippen molar-refractivity contribution in [3.05, 3.63) is 11.9 Å². The van der Waals surface area contributed by atoms with E-state index in [1.165, 1.54) is 0 Å². The summed E-state index contributed by atoms with van der Waals surface area (Å²) in [6.45, 7) is 1.33. The second-order valence-corrected chi connectivity index (χ2v) is 3.35. The molecule has 2 rings (SSSR count). The van der Waals surface area contributed by atoms with Crippen molar-refractivity contribution in [3.63, 3.8) is 0 Å². The summed E-state index contributed by atoms with van der Waals surface area (Å²) in [6.07, 6.45) is 2.32. The second-order valence-electron chi connectivity index (χ2n) is 3.35. The highest BCUT2D eigenvalue weighted by Crippen LogP contribution is 2.16. The molecule has 2 heterocycles. The molecule has 5 nitrogen and oxygen atoms in total. The number of β-amino-alcohol motifs (C(OH)–C–C–N with tert-alkyl or cyclic N) is 1. The van der Waals surface area contributed by atoms with Gasteiger partial charge >= 0.3 is 0 Å². The van der Waals surface area contributed by atoms with Crippen molar-refractivity contribution in [2.45, 2.75) is 12.0 Å². The lowest BCUT2D eigenvalue weighted by Gasteiger charge is -2.37. The lowest BCUT2D eigenvalue weighted by Crippen LogP contribution is -2.60. The van der Waals surface area contributed by atoms with Gasteiger partial charge in [0.25, 0.3) is 0 Å². The zero-order chi connectivity index (χ0) is 8.60. The van der Waals surface area contributed by atoms with Crippen molar-refractivity contribution in [2.24, 2.45) is 7.05 Å². The summed E-state index contributed by atoms with van der Waals surface area (Å²) < 4.78 is 1.69. The summed E-state index contributed by atoms with van der Waals surface area (Å²) in [6, 6.07) is 0. The maximum atomic E-state index is 9.77. The Bertz CT molecular complexity index is 279. The Morgan fingerprint density at radius 2 is 2.50 bits per heavy atom. The zero-order valence-electron chi connectivity index (χ0n) is 6.99. The molecule has 1 aromatic rings. The Morgan fingerprint density at radius 3 is 2.92 bits per heavy atom. The molecule has 1 aliphatic rings. The van der Waals surface area contributed by atoms with E-state index in [0.717, 1.165) is 5.69 Å². The Hall–Kier alpha value is -0.940. The van der Waals surface area contributed by atoms with Crippen LogP contribution in [0.5, 0.6) is 0 Å². The van der Waals surface area contributed by atoms with E-state index >= 15 is 0 Å². The van der Waals surface area contributed by atoms with Crippen LogP contribution in [0.1, 0.15) is 5.69 Å². The molecule has 0 unspecified atom stereocenters. The summed E-state index contributed by atoms with van der Waals surface area (Å²) >= 11 is 0. The molecule has 66 valence electrons. The predicted octanol–water partition coefficient (Wildman–Crippen LogP) is -1.31. The van der Waals surface area contributed by atoms with Gasteiger partial charge in [0.2, 0.25) is 0 Å². The highest BCUT2D eigenvalue weighted by atomic mass is 16.3. The summed E-state index contributed by atoms with van der Waals surface area (Å²) in [5, 5.41) is 20.3. The molecular formula is C7H12N4O. The van der Waals surface area contributed by atoms with Gasteiger partial charge in [-0.25, -0.2) is 0 Å². The Kier molecular flexibility index (Phi) is 1.62. The first-order chi connectivity index (χ1) is 5.70. The third kappa shape index (κ3) is 1.21. The van der Waals surface area contributed by atoms with Crippen molar-refractivity contribution in [1.29, 1.82) is 0 Å². The van der Waals surface area contributed by atoms with Crippen LogP contribution < -0.4 is 5.32 Å². The molecule has 0 bridgehead atoms. The van der Waals surface area contributed by atoms with Gasteiger partial charge < -0.3 is 10.4 Å². The number of nitrogens with one attached hydrogen (secondary N) is 1. The first-order valence-electron chi connectivity index (χ1n) is 3.96. The van der Waals surface area contributed by atoms with E-state index in [0.29, 0.717) is 19.5 Å². The fourth-order valence-corrected chi connectivity index (χ4v) is 1.35.